The lowest BCUT2D eigenvalue weighted by atomic mass is 9.92. The first kappa shape index (κ1) is 24.3. The van der Waals surface area contributed by atoms with Crippen molar-refractivity contribution < 1.29 is 18.7 Å². The predicted molar refractivity (Wildman–Crippen MR) is 136 cm³/mol. The van der Waals surface area contributed by atoms with Gasteiger partial charge in [0.2, 0.25) is 5.91 Å². The molecule has 0 unspecified atom stereocenters. The number of hydrogen-bond acceptors (Lipinski definition) is 6. The third-order valence-corrected chi connectivity index (χ3v) is 7.01. The fourth-order valence-corrected chi connectivity index (χ4v) is 5.08. The Hall–Kier alpha value is -2.80. The van der Waals surface area contributed by atoms with Crippen LogP contribution in [0.2, 0.25) is 0 Å². The van der Waals surface area contributed by atoms with Crippen molar-refractivity contribution in [1.82, 2.24) is 4.98 Å². The van der Waals surface area contributed by atoms with Crippen LogP contribution < -0.4 is 5.32 Å². The number of amides is 1. The molecule has 0 spiro atoms. The Kier molecular flexibility index (Phi) is 7.61. The van der Waals surface area contributed by atoms with Crippen molar-refractivity contribution in [3.05, 3.63) is 52.6 Å². The number of thioether (sulfide) groups is 1. The summed E-state index contributed by atoms with van der Waals surface area (Å²) in [5.74, 6) is 1.27. The summed E-state index contributed by atoms with van der Waals surface area (Å²) < 4.78 is 10.9. The molecule has 1 aromatic heterocycles. The van der Waals surface area contributed by atoms with Crippen LogP contribution in [0, 0.1) is 0 Å². The molecule has 34 heavy (non-hydrogen) atoms. The summed E-state index contributed by atoms with van der Waals surface area (Å²) in [5.41, 5.74) is 5.91. The molecule has 1 aliphatic heterocycles. The average Bonchev–Trinajstić information content (AvgIpc) is 3.38. The molecule has 1 amide bonds. The highest BCUT2D eigenvalue weighted by molar-refractivity contribution is 7.99. The maximum absolute atomic E-state index is 12.7. The molecule has 4 rings (SSSR count). The normalized spacial score (nSPS) is 13.1. The molecule has 2 aromatic carbocycles. The number of carbonyl (C=O) groups is 2. The Labute approximate surface area is 204 Å². The molecule has 0 bridgehead atoms. The number of fused-ring (bicyclic) bond motifs is 3. The lowest BCUT2D eigenvalue weighted by molar-refractivity contribution is -0.116. The molecule has 1 N–H and O–H groups in total. The first-order valence-corrected chi connectivity index (χ1v) is 13.0. The zero-order chi connectivity index (χ0) is 24.2. The van der Waals surface area contributed by atoms with E-state index in [0.29, 0.717) is 46.7 Å². The number of ether oxygens (including phenoxy) is 1. The monoisotopic (exact) mass is 480 g/mol. The number of rotatable bonds is 10. The maximum Gasteiger partial charge on any atom is 0.342 e. The summed E-state index contributed by atoms with van der Waals surface area (Å²) in [5, 5.41) is 3.75. The number of benzene rings is 2. The lowest BCUT2D eigenvalue weighted by Crippen LogP contribution is -2.15. The van der Waals surface area contributed by atoms with Gasteiger partial charge in [-0.2, -0.15) is 0 Å². The summed E-state index contributed by atoms with van der Waals surface area (Å²) in [7, 11) is 0. The number of para-hydroxylation sites is 1. The van der Waals surface area contributed by atoms with Crippen LogP contribution in [0.3, 0.4) is 0 Å². The first-order valence-electron chi connectivity index (χ1n) is 12.0. The van der Waals surface area contributed by atoms with Crippen molar-refractivity contribution in [2.24, 2.45) is 0 Å². The van der Waals surface area contributed by atoms with E-state index in [1.165, 1.54) is 22.9 Å². The molecule has 0 radical (unpaired) electrons. The quantitative estimate of drug-likeness (QED) is 0.190. The second-order valence-electron chi connectivity index (χ2n) is 9.33. The average molecular weight is 481 g/mol. The zero-order valence-corrected chi connectivity index (χ0v) is 21.1. The molecule has 7 heteroatoms. The first-order chi connectivity index (χ1) is 16.3. The van der Waals surface area contributed by atoms with Gasteiger partial charge in [-0.05, 0) is 41.9 Å². The van der Waals surface area contributed by atoms with Crippen LogP contribution in [0.1, 0.15) is 92.3 Å². The largest absolute Gasteiger partial charge is 0.457 e. The minimum absolute atomic E-state index is 0.0716. The second kappa shape index (κ2) is 10.6. The van der Waals surface area contributed by atoms with Crippen LogP contribution in [0.15, 0.2) is 40.0 Å². The number of oxazole rings is 1. The van der Waals surface area contributed by atoms with Gasteiger partial charge >= 0.3 is 5.97 Å². The second-order valence-corrected chi connectivity index (χ2v) is 10.4. The van der Waals surface area contributed by atoms with E-state index in [9.17, 15) is 9.59 Å². The van der Waals surface area contributed by atoms with Crippen molar-refractivity contribution in [2.75, 3.05) is 11.1 Å². The maximum atomic E-state index is 12.7. The lowest BCUT2D eigenvalue weighted by Gasteiger charge is -2.20. The summed E-state index contributed by atoms with van der Waals surface area (Å²) in [4.78, 5) is 29.1. The number of cyclic esters (lactones) is 1. The number of nitrogens with one attached hydrogen (secondary N) is 1. The molecular weight excluding hydrogens is 448 g/mol. The van der Waals surface area contributed by atoms with E-state index < -0.39 is 0 Å². The van der Waals surface area contributed by atoms with Crippen molar-refractivity contribution in [2.45, 2.75) is 77.0 Å². The summed E-state index contributed by atoms with van der Waals surface area (Å²) in [6, 6.07) is 10.0. The van der Waals surface area contributed by atoms with Gasteiger partial charge in [0.05, 0.1) is 0 Å². The highest BCUT2D eigenvalue weighted by Crippen LogP contribution is 2.33. The van der Waals surface area contributed by atoms with E-state index in [1.54, 1.807) is 0 Å². The zero-order valence-electron chi connectivity index (χ0n) is 20.3. The van der Waals surface area contributed by atoms with Gasteiger partial charge in [0.1, 0.15) is 17.7 Å². The molecule has 180 valence electrons. The number of hydrogen-bond donors (Lipinski definition) is 1. The Bertz CT molecular complexity index is 1170. The van der Waals surface area contributed by atoms with Gasteiger partial charge in [-0.15, -0.1) is 0 Å². The van der Waals surface area contributed by atoms with Gasteiger partial charge in [-0.1, -0.05) is 70.1 Å². The van der Waals surface area contributed by atoms with Crippen LogP contribution >= 0.6 is 11.8 Å². The fraction of sp³-hybridized carbons (Fsp3) is 0.444. The fourth-order valence-electron chi connectivity index (χ4n) is 4.25. The van der Waals surface area contributed by atoms with E-state index in [1.807, 2.05) is 12.1 Å². The molecule has 0 atom stereocenters. The van der Waals surface area contributed by atoms with Gasteiger partial charge in [0, 0.05) is 23.4 Å². The predicted octanol–water partition coefficient (Wildman–Crippen LogP) is 7.04. The molecule has 1 aliphatic rings. The van der Waals surface area contributed by atoms with Crippen LogP contribution in [0.25, 0.3) is 11.1 Å². The minimum Gasteiger partial charge on any atom is -0.457 e. The number of unbranched alkanes of at least 4 members (excludes halogenated alkanes) is 2. The number of carbonyl (C=O) groups excluding carboxylic acids is 2. The van der Waals surface area contributed by atoms with E-state index in [2.05, 4.69) is 56.2 Å². The van der Waals surface area contributed by atoms with Gasteiger partial charge in [-0.3, -0.25) is 4.79 Å². The van der Waals surface area contributed by atoms with Gasteiger partial charge < -0.3 is 14.5 Å². The number of anilines is 1. The molecule has 3 aromatic rings. The molecular formula is C27H32N2O4S. The highest BCUT2D eigenvalue weighted by Gasteiger charge is 2.27. The third kappa shape index (κ3) is 5.30. The van der Waals surface area contributed by atoms with Crippen molar-refractivity contribution >= 4 is 40.4 Å². The van der Waals surface area contributed by atoms with Gasteiger partial charge in [0.15, 0.2) is 5.58 Å². The summed E-state index contributed by atoms with van der Waals surface area (Å²) >= 11 is 1.53. The van der Waals surface area contributed by atoms with Crippen LogP contribution in [-0.4, -0.2) is 22.6 Å². The van der Waals surface area contributed by atoms with Crippen molar-refractivity contribution in [1.29, 1.82) is 0 Å². The number of esters is 1. The van der Waals surface area contributed by atoms with Crippen LogP contribution in [0.5, 0.6) is 0 Å². The number of aromatic nitrogens is 1. The molecule has 0 aliphatic carbocycles. The van der Waals surface area contributed by atoms with Crippen LogP contribution in [-0.2, 0) is 16.1 Å². The Morgan fingerprint density at radius 1 is 1.06 bits per heavy atom. The third-order valence-electron chi connectivity index (χ3n) is 6.10. The van der Waals surface area contributed by atoms with Gasteiger partial charge in [0.25, 0.3) is 5.22 Å². The molecule has 2 heterocycles. The Morgan fingerprint density at radius 2 is 1.79 bits per heavy atom. The minimum atomic E-state index is -0.344. The molecule has 0 fully saturated rings. The standard InChI is InChI=1S/C27H32N2O4S/c1-16(2)19-9-8-10-20(17(3)4)24(19)29-22(30)11-6-5-7-14-34-27-28-21-13-12-18-15-32-26(31)23(18)25(21)33-27/h8-10,12-13,16-17H,5-7,11,14-15H2,1-4H3,(H,29,30). The van der Waals surface area contributed by atoms with E-state index in [0.717, 1.165) is 36.3 Å². The SMILES string of the molecule is CC(C)c1cccc(C(C)C)c1NC(=O)CCCCCSc1nc2ccc3c(c2o1)C(=O)OC3. The Balaban J connectivity index is 1.24. The summed E-state index contributed by atoms with van der Waals surface area (Å²) in [6.07, 6.45) is 3.24. The van der Waals surface area contributed by atoms with Gasteiger partial charge in [-0.25, -0.2) is 9.78 Å². The van der Waals surface area contributed by atoms with Crippen molar-refractivity contribution in [3.8, 4) is 0 Å². The highest BCUT2D eigenvalue weighted by atomic mass is 32.2. The topological polar surface area (TPSA) is 81.4 Å². The number of nitrogens with zero attached hydrogens (tertiary/aromatic N) is 1. The summed E-state index contributed by atoms with van der Waals surface area (Å²) in [6.45, 7) is 8.92. The van der Waals surface area contributed by atoms with E-state index in [-0.39, 0.29) is 11.9 Å². The van der Waals surface area contributed by atoms with Crippen molar-refractivity contribution in [3.63, 3.8) is 0 Å². The van der Waals surface area contributed by atoms with Crippen LogP contribution in [0.4, 0.5) is 5.69 Å². The van der Waals surface area contributed by atoms with E-state index in [4.69, 9.17) is 9.15 Å². The van der Waals surface area contributed by atoms with E-state index >= 15 is 0 Å². The Morgan fingerprint density at radius 3 is 2.50 bits per heavy atom. The molecule has 6 nitrogen and oxygen atoms in total. The smallest absolute Gasteiger partial charge is 0.342 e. The molecule has 0 saturated carbocycles. The molecule has 0 saturated heterocycles.